The number of aromatic nitrogens is 1. The van der Waals surface area contributed by atoms with Gasteiger partial charge in [-0.15, -0.1) is 0 Å². The van der Waals surface area contributed by atoms with Crippen LogP contribution in [0.25, 0.3) is 0 Å². The van der Waals surface area contributed by atoms with E-state index in [2.05, 4.69) is 48.3 Å². The lowest BCUT2D eigenvalue weighted by molar-refractivity contribution is 0.0955. The van der Waals surface area contributed by atoms with Crippen LogP contribution in [-0.2, 0) is 0 Å². The molecule has 5 heteroatoms. The van der Waals surface area contributed by atoms with E-state index in [1.165, 1.54) is 43.5 Å². The molecule has 5 nitrogen and oxygen atoms in total. The second-order valence-corrected chi connectivity index (χ2v) is 10.2. The highest BCUT2D eigenvalue weighted by molar-refractivity contribution is 5.93. The molecule has 0 radical (unpaired) electrons. The van der Waals surface area contributed by atoms with Gasteiger partial charge in [0.2, 0.25) is 0 Å². The Labute approximate surface area is 186 Å². The molecule has 1 aromatic rings. The number of allylic oxidation sites excluding steroid dienone is 6. The minimum absolute atomic E-state index is 0.172. The number of hydrogen-bond donors (Lipinski definition) is 1. The lowest BCUT2D eigenvalue weighted by Gasteiger charge is -2.35. The maximum atomic E-state index is 12.8. The van der Waals surface area contributed by atoms with Crippen LogP contribution in [0, 0.1) is 18.3 Å². The Kier molecular flexibility index (Phi) is 6.52. The van der Waals surface area contributed by atoms with E-state index in [0.717, 1.165) is 37.9 Å². The van der Waals surface area contributed by atoms with Gasteiger partial charge in [0.1, 0.15) is 5.76 Å². The second kappa shape index (κ2) is 9.15. The molecule has 1 amide bonds. The predicted molar refractivity (Wildman–Crippen MR) is 124 cm³/mol. The third-order valence-corrected chi connectivity index (χ3v) is 7.32. The Morgan fingerprint density at radius 2 is 2.03 bits per heavy atom. The van der Waals surface area contributed by atoms with Crippen LogP contribution in [0.3, 0.4) is 0 Å². The van der Waals surface area contributed by atoms with Gasteiger partial charge < -0.3 is 14.7 Å². The van der Waals surface area contributed by atoms with Gasteiger partial charge in [-0.1, -0.05) is 43.7 Å². The third-order valence-electron chi connectivity index (χ3n) is 7.32. The first-order valence-corrected chi connectivity index (χ1v) is 11.9. The van der Waals surface area contributed by atoms with Gasteiger partial charge in [-0.3, -0.25) is 4.79 Å². The summed E-state index contributed by atoms with van der Waals surface area (Å²) in [6.45, 7) is 12.3. The summed E-state index contributed by atoms with van der Waals surface area (Å²) in [6, 6.07) is 1.70. The summed E-state index contributed by atoms with van der Waals surface area (Å²) >= 11 is 0. The highest BCUT2D eigenvalue weighted by Crippen LogP contribution is 2.41. The second-order valence-electron chi connectivity index (χ2n) is 10.2. The number of amides is 1. The Morgan fingerprint density at radius 1 is 1.26 bits per heavy atom. The topological polar surface area (TPSA) is 58.4 Å². The highest BCUT2D eigenvalue weighted by Gasteiger charge is 2.28. The molecule has 3 aliphatic rings. The van der Waals surface area contributed by atoms with Crippen LogP contribution < -0.4 is 5.32 Å². The average molecular weight is 424 g/mol. The fourth-order valence-electron chi connectivity index (χ4n) is 5.10. The number of piperidine rings is 1. The Balaban J connectivity index is 1.60. The monoisotopic (exact) mass is 423 g/mol. The number of carbonyl (C=O) groups is 1. The van der Waals surface area contributed by atoms with Crippen molar-refractivity contribution < 1.29 is 9.32 Å². The Hall–Kier alpha value is -2.14. The number of carbonyl (C=O) groups excluding carboxylic acids is 1. The first-order chi connectivity index (χ1) is 14.8. The molecular formula is C26H37N3O2. The molecule has 0 bridgehead atoms. The van der Waals surface area contributed by atoms with E-state index in [1.807, 2.05) is 6.92 Å². The molecule has 0 unspecified atom stereocenters. The van der Waals surface area contributed by atoms with Gasteiger partial charge in [-0.05, 0) is 94.0 Å². The Morgan fingerprint density at radius 3 is 2.65 bits per heavy atom. The zero-order valence-corrected chi connectivity index (χ0v) is 19.6. The molecule has 0 aromatic carbocycles. The lowest BCUT2D eigenvalue weighted by atomic mass is 9.74. The summed E-state index contributed by atoms with van der Waals surface area (Å²) in [5, 5.41) is 7.08. The largest absolute Gasteiger partial charge is 0.361 e. The minimum atomic E-state index is -0.172. The summed E-state index contributed by atoms with van der Waals surface area (Å²) in [5.41, 5.74) is 5.99. The van der Waals surface area contributed by atoms with Crippen LogP contribution in [-0.4, -0.2) is 35.6 Å². The van der Waals surface area contributed by atoms with Crippen molar-refractivity contribution in [3.8, 4) is 0 Å². The standard InChI is InChI=1S/C26H37N3O2/c1-5-29-14-10-19(11-15-29)21-6-7-23(27-25(30)24-16-18(2)31-28-24)22(17-21)20-8-12-26(3,4)13-9-20/h8,16-17,19H,5-7,9-15H2,1-4H3,(H,27,30). The van der Waals surface area contributed by atoms with Gasteiger partial charge in [0.15, 0.2) is 5.69 Å². The predicted octanol–water partition coefficient (Wildman–Crippen LogP) is 5.56. The van der Waals surface area contributed by atoms with Crippen molar-refractivity contribution in [3.63, 3.8) is 0 Å². The van der Waals surface area contributed by atoms with Gasteiger partial charge in [-0.2, -0.15) is 0 Å². The number of aryl methyl sites for hydroxylation is 1. The molecule has 0 spiro atoms. The van der Waals surface area contributed by atoms with Crippen LogP contribution >= 0.6 is 0 Å². The van der Waals surface area contributed by atoms with Crippen LogP contribution in [0.4, 0.5) is 0 Å². The quantitative estimate of drug-likeness (QED) is 0.674. The zero-order valence-electron chi connectivity index (χ0n) is 19.6. The molecule has 0 atom stereocenters. The molecule has 1 N–H and O–H groups in total. The maximum Gasteiger partial charge on any atom is 0.277 e. The minimum Gasteiger partial charge on any atom is -0.361 e. The number of nitrogens with one attached hydrogen (secondary N) is 1. The molecule has 1 fully saturated rings. The maximum absolute atomic E-state index is 12.8. The van der Waals surface area contributed by atoms with E-state index in [0.29, 0.717) is 22.8 Å². The van der Waals surface area contributed by atoms with Gasteiger partial charge in [0.05, 0.1) is 0 Å². The fraction of sp³-hybridized carbons (Fsp3) is 0.615. The van der Waals surface area contributed by atoms with E-state index in [1.54, 1.807) is 11.6 Å². The molecule has 2 aliphatic carbocycles. The zero-order chi connectivity index (χ0) is 22.0. The van der Waals surface area contributed by atoms with Crippen LogP contribution in [0.2, 0.25) is 0 Å². The molecule has 1 aromatic heterocycles. The van der Waals surface area contributed by atoms with Crippen LogP contribution in [0.5, 0.6) is 0 Å². The fourth-order valence-corrected chi connectivity index (χ4v) is 5.10. The molecule has 1 aliphatic heterocycles. The van der Waals surface area contributed by atoms with Crippen LogP contribution in [0.1, 0.15) is 82.0 Å². The summed E-state index contributed by atoms with van der Waals surface area (Å²) in [7, 11) is 0. The highest BCUT2D eigenvalue weighted by atomic mass is 16.5. The van der Waals surface area contributed by atoms with Crippen molar-refractivity contribution in [2.75, 3.05) is 19.6 Å². The molecule has 1 saturated heterocycles. The first kappa shape index (κ1) is 22.1. The number of rotatable bonds is 5. The van der Waals surface area contributed by atoms with Crippen molar-refractivity contribution in [1.82, 2.24) is 15.4 Å². The summed E-state index contributed by atoms with van der Waals surface area (Å²) < 4.78 is 5.10. The number of hydrogen-bond acceptors (Lipinski definition) is 4. The summed E-state index contributed by atoms with van der Waals surface area (Å²) in [4.78, 5) is 15.3. The third kappa shape index (κ3) is 5.20. The smallest absolute Gasteiger partial charge is 0.277 e. The van der Waals surface area contributed by atoms with E-state index in [4.69, 9.17) is 4.52 Å². The SMILES string of the molecule is CCN1CCC(C2=CC(C3=CCC(C)(C)CC3)=C(NC(=O)c3cc(C)on3)CC2)CC1. The molecule has 4 rings (SSSR count). The number of likely N-dealkylation sites (tertiary alicyclic amines) is 1. The van der Waals surface area contributed by atoms with E-state index >= 15 is 0 Å². The molecule has 168 valence electrons. The summed E-state index contributed by atoms with van der Waals surface area (Å²) in [5.74, 6) is 1.16. The van der Waals surface area contributed by atoms with E-state index < -0.39 is 0 Å². The van der Waals surface area contributed by atoms with Gasteiger partial charge in [0, 0.05) is 11.8 Å². The summed E-state index contributed by atoms with van der Waals surface area (Å²) in [6.07, 6.45) is 12.6. The van der Waals surface area contributed by atoms with Gasteiger partial charge >= 0.3 is 0 Å². The number of nitrogens with zero attached hydrogens (tertiary/aromatic N) is 2. The molecule has 31 heavy (non-hydrogen) atoms. The van der Waals surface area contributed by atoms with Crippen molar-refractivity contribution in [3.05, 3.63) is 52.1 Å². The van der Waals surface area contributed by atoms with Crippen molar-refractivity contribution in [2.24, 2.45) is 11.3 Å². The van der Waals surface area contributed by atoms with E-state index in [-0.39, 0.29) is 5.91 Å². The molecule has 2 heterocycles. The molecular weight excluding hydrogens is 386 g/mol. The van der Waals surface area contributed by atoms with Gasteiger partial charge in [0.25, 0.3) is 5.91 Å². The van der Waals surface area contributed by atoms with Crippen LogP contribution in [0.15, 0.2) is 45.2 Å². The normalized spacial score (nSPS) is 22.8. The Bertz CT molecular complexity index is 911. The van der Waals surface area contributed by atoms with Crippen molar-refractivity contribution in [1.29, 1.82) is 0 Å². The first-order valence-electron chi connectivity index (χ1n) is 11.9. The average Bonchev–Trinajstić information content (AvgIpc) is 3.21. The van der Waals surface area contributed by atoms with E-state index in [9.17, 15) is 4.79 Å². The van der Waals surface area contributed by atoms with Gasteiger partial charge in [-0.25, -0.2) is 0 Å². The van der Waals surface area contributed by atoms with Crippen molar-refractivity contribution in [2.45, 2.75) is 72.6 Å². The lowest BCUT2D eigenvalue weighted by Crippen LogP contribution is -2.34. The molecule has 0 saturated carbocycles. The van der Waals surface area contributed by atoms with Crippen molar-refractivity contribution >= 4 is 5.91 Å².